The highest BCUT2D eigenvalue weighted by molar-refractivity contribution is 7.09. The second-order valence-electron chi connectivity index (χ2n) is 4.15. The summed E-state index contributed by atoms with van der Waals surface area (Å²) in [6.07, 6.45) is 6.59. The largest absolute Gasteiger partial charge is 0.348 e. The number of rotatable bonds is 4. The molecular formula is C13H14N4S. The van der Waals surface area contributed by atoms with Crippen LogP contribution in [0.1, 0.15) is 10.6 Å². The molecule has 0 bridgehead atoms. The van der Waals surface area contributed by atoms with Crippen molar-refractivity contribution in [2.75, 3.05) is 0 Å². The number of H-pyrrole nitrogens is 1. The van der Waals surface area contributed by atoms with Crippen LogP contribution in [-0.4, -0.2) is 19.5 Å². The third-order valence-corrected chi connectivity index (χ3v) is 3.87. The molecule has 1 N–H and O–H groups in total. The van der Waals surface area contributed by atoms with Gasteiger partial charge >= 0.3 is 0 Å². The molecule has 0 radical (unpaired) electrons. The summed E-state index contributed by atoms with van der Waals surface area (Å²) in [6, 6.07) is 4.26. The molecule has 0 fully saturated rings. The Morgan fingerprint density at radius 2 is 2.33 bits per heavy atom. The van der Waals surface area contributed by atoms with Crippen LogP contribution < -0.4 is 0 Å². The Labute approximate surface area is 109 Å². The maximum absolute atomic E-state index is 4.40. The van der Waals surface area contributed by atoms with Crippen molar-refractivity contribution in [3.05, 3.63) is 46.8 Å². The molecule has 0 aliphatic carbocycles. The SMILES string of the molecule is Cc1[nH]cnc1-c1nccn1CCc1cccs1. The summed E-state index contributed by atoms with van der Waals surface area (Å²) < 4.78 is 2.16. The van der Waals surface area contributed by atoms with Crippen LogP contribution >= 0.6 is 11.3 Å². The topological polar surface area (TPSA) is 46.5 Å². The van der Waals surface area contributed by atoms with E-state index in [4.69, 9.17) is 0 Å². The predicted octanol–water partition coefficient (Wildman–Crippen LogP) is 2.89. The zero-order valence-electron chi connectivity index (χ0n) is 10.1. The Hall–Kier alpha value is -1.88. The minimum Gasteiger partial charge on any atom is -0.348 e. The highest BCUT2D eigenvalue weighted by Gasteiger charge is 2.10. The van der Waals surface area contributed by atoms with Gasteiger partial charge in [0.05, 0.1) is 6.33 Å². The molecule has 5 heteroatoms. The maximum Gasteiger partial charge on any atom is 0.160 e. The Balaban J connectivity index is 1.82. The fourth-order valence-electron chi connectivity index (χ4n) is 1.98. The number of thiophene rings is 1. The van der Waals surface area contributed by atoms with E-state index in [9.17, 15) is 0 Å². The third kappa shape index (κ3) is 2.09. The molecule has 92 valence electrons. The summed E-state index contributed by atoms with van der Waals surface area (Å²) >= 11 is 1.80. The van der Waals surface area contributed by atoms with Crippen LogP contribution in [0.2, 0.25) is 0 Å². The van der Waals surface area contributed by atoms with E-state index in [2.05, 4.69) is 37.0 Å². The zero-order chi connectivity index (χ0) is 12.4. The summed E-state index contributed by atoms with van der Waals surface area (Å²) in [7, 11) is 0. The van der Waals surface area contributed by atoms with E-state index in [1.54, 1.807) is 17.7 Å². The van der Waals surface area contributed by atoms with Crippen molar-refractivity contribution in [2.45, 2.75) is 19.9 Å². The second-order valence-corrected chi connectivity index (χ2v) is 5.18. The van der Waals surface area contributed by atoms with Crippen molar-refractivity contribution in [1.82, 2.24) is 19.5 Å². The number of aromatic amines is 1. The van der Waals surface area contributed by atoms with E-state index >= 15 is 0 Å². The zero-order valence-corrected chi connectivity index (χ0v) is 10.9. The average molecular weight is 258 g/mol. The van der Waals surface area contributed by atoms with Crippen LogP contribution in [0.3, 0.4) is 0 Å². The van der Waals surface area contributed by atoms with E-state index in [1.165, 1.54) is 4.88 Å². The van der Waals surface area contributed by atoms with Crippen LogP contribution in [0.4, 0.5) is 0 Å². The monoisotopic (exact) mass is 258 g/mol. The molecule has 0 unspecified atom stereocenters. The molecule has 3 rings (SSSR count). The molecule has 0 aliphatic heterocycles. The van der Waals surface area contributed by atoms with E-state index in [-0.39, 0.29) is 0 Å². The molecule has 3 aromatic rings. The summed E-state index contributed by atoms with van der Waals surface area (Å²) in [5.74, 6) is 0.935. The summed E-state index contributed by atoms with van der Waals surface area (Å²) in [4.78, 5) is 13.2. The smallest absolute Gasteiger partial charge is 0.160 e. The van der Waals surface area contributed by atoms with Crippen LogP contribution in [0.15, 0.2) is 36.2 Å². The van der Waals surface area contributed by atoms with Gasteiger partial charge in [0.15, 0.2) is 5.82 Å². The molecule has 3 aromatic heterocycles. The first-order valence-corrected chi connectivity index (χ1v) is 6.76. The van der Waals surface area contributed by atoms with Gasteiger partial charge in [0.1, 0.15) is 5.69 Å². The van der Waals surface area contributed by atoms with Crippen molar-refractivity contribution in [3.8, 4) is 11.5 Å². The van der Waals surface area contributed by atoms with Crippen molar-refractivity contribution in [2.24, 2.45) is 0 Å². The molecule has 4 nitrogen and oxygen atoms in total. The Morgan fingerprint density at radius 3 is 3.06 bits per heavy atom. The lowest BCUT2D eigenvalue weighted by molar-refractivity contribution is 0.707. The number of hydrogen-bond acceptors (Lipinski definition) is 3. The van der Waals surface area contributed by atoms with Gasteiger partial charge in [0.2, 0.25) is 0 Å². The minimum atomic E-state index is 0.933. The maximum atomic E-state index is 4.40. The van der Waals surface area contributed by atoms with Gasteiger partial charge in [-0.1, -0.05) is 6.07 Å². The lowest BCUT2D eigenvalue weighted by Gasteiger charge is -2.05. The van der Waals surface area contributed by atoms with Gasteiger partial charge in [-0.3, -0.25) is 0 Å². The number of imidazole rings is 2. The molecule has 0 amide bonds. The van der Waals surface area contributed by atoms with E-state index in [1.807, 2.05) is 19.3 Å². The molecule has 18 heavy (non-hydrogen) atoms. The van der Waals surface area contributed by atoms with Crippen LogP contribution in [0.25, 0.3) is 11.5 Å². The highest BCUT2D eigenvalue weighted by atomic mass is 32.1. The fourth-order valence-corrected chi connectivity index (χ4v) is 2.67. The van der Waals surface area contributed by atoms with Crippen molar-refractivity contribution in [1.29, 1.82) is 0 Å². The standard InChI is InChI=1S/C13H14N4S/c1-10-12(16-9-15-10)13-14-5-7-17(13)6-4-11-3-2-8-18-11/h2-3,5,7-9H,4,6H2,1H3,(H,15,16). The highest BCUT2D eigenvalue weighted by Crippen LogP contribution is 2.19. The molecule has 0 aromatic carbocycles. The summed E-state index contributed by atoms with van der Waals surface area (Å²) in [6.45, 7) is 2.95. The lowest BCUT2D eigenvalue weighted by atomic mass is 10.3. The van der Waals surface area contributed by atoms with E-state index in [0.29, 0.717) is 0 Å². The second kappa shape index (κ2) is 4.78. The van der Waals surface area contributed by atoms with Gasteiger partial charge in [-0.25, -0.2) is 9.97 Å². The number of aryl methyl sites for hydroxylation is 3. The molecule has 0 aliphatic rings. The number of nitrogens with zero attached hydrogens (tertiary/aromatic N) is 3. The van der Waals surface area contributed by atoms with E-state index in [0.717, 1.165) is 30.2 Å². The molecule has 0 atom stereocenters. The number of aromatic nitrogens is 4. The molecule has 0 spiro atoms. The van der Waals surface area contributed by atoms with Crippen molar-refractivity contribution in [3.63, 3.8) is 0 Å². The normalized spacial score (nSPS) is 10.9. The molecular weight excluding hydrogens is 244 g/mol. The van der Waals surface area contributed by atoms with Gasteiger partial charge in [-0.15, -0.1) is 11.3 Å². The van der Waals surface area contributed by atoms with E-state index < -0.39 is 0 Å². The fraction of sp³-hybridized carbons (Fsp3) is 0.231. The quantitative estimate of drug-likeness (QED) is 0.782. The molecule has 0 saturated carbocycles. The van der Waals surface area contributed by atoms with Gasteiger partial charge in [0, 0.05) is 29.5 Å². The predicted molar refractivity (Wildman–Crippen MR) is 72.6 cm³/mol. The third-order valence-electron chi connectivity index (χ3n) is 2.94. The Bertz CT molecular complexity index is 621. The van der Waals surface area contributed by atoms with Crippen LogP contribution in [0, 0.1) is 6.92 Å². The Kier molecular flexibility index (Phi) is 2.98. The van der Waals surface area contributed by atoms with Crippen molar-refractivity contribution >= 4 is 11.3 Å². The van der Waals surface area contributed by atoms with Gasteiger partial charge < -0.3 is 9.55 Å². The minimum absolute atomic E-state index is 0.933. The Morgan fingerprint density at radius 1 is 1.39 bits per heavy atom. The average Bonchev–Trinajstić information content (AvgIpc) is 3.06. The molecule has 3 heterocycles. The molecule has 0 saturated heterocycles. The number of nitrogens with one attached hydrogen (secondary N) is 1. The summed E-state index contributed by atoms with van der Waals surface area (Å²) in [5.41, 5.74) is 1.99. The van der Waals surface area contributed by atoms with Gasteiger partial charge in [0.25, 0.3) is 0 Å². The van der Waals surface area contributed by atoms with Crippen molar-refractivity contribution < 1.29 is 0 Å². The number of hydrogen-bond donors (Lipinski definition) is 1. The van der Waals surface area contributed by atoms with Gasteiger partial charge in [-0.2, -0.15) is 0 Å². The first-order valence-electron chi connectivity index (χ1n) is 5.88. The first kappa shape index (κ1) is 11.2. The van der Waals surface area contributed by atoms with Crippen LogP contribution in [-0.2, 0) is 13.0 Å². The summed E-state index contributed by atoms with van der Waals surface area (Å²) in [5, 5.41) is 2.11. The lowest BCUT2D eigenvalue weighted by Crippen LogP contribution is -2.02. The first-order chi connectivity index (χ1) is 8.84. The van der Waals surface area contributed by atoms with Gasteiger partial charge in [-0.05, 0) is 24.8 Å². The van der Waals surface area contributed by atoms with Crippen LogP contribution in [0.5, 0.6) is 0 Å².